The molecule has 6 rings (SSSR count). The highest BCUT2D eigenvalue weighted by Gasteiger charge is 2.36. The third-order valence-corrected chi connectivity index (χ3v) is 5.45. The van der Waals surface area contributed by atoms with Crippen LogP contribution in [0.25, 0.3) is 11.0 Å². The van der Waals surface area contributed by atoms with Gasteiger partial charge in [-0.2, -0.15) is 0 Å². The summed E-state index contributed by atoms with van der Waals surface area (Å²) in [4.78, 5) is 11.8. The second kappa shape index (κ2) is 6.48. The lowest BCUT2D eigenvalue weighted by Crippen LogP contribution is -2.59. The molecule has 1 N–H and O–H groups in total. The number of methoxy groups -OCH3 is 1. The monoisotopic (exact) mass is 401 g/mol. The van der Waals surface area contributed by atoms with Crippen molar-refractivity contribution in [3.05, 3.63) is 66.7 Å². The van der Waals surface area contributed by atoms with Crippen LogP contribution < -0.4 is 20.0 Å². The molecule has 4 heterocycles. The van der Waals surface area contributed by atoms with E-state index >= 15 is 0 Å². The van der Waals surface area contributed by atoms with Crippen LogP contribution in [0.2, 0.25) is 0 Å². The largest absolute Gasteiger partial charge is 0.496 e. The number of aromatic nitrogens is 5. The predicted octanol–water partition coefficient (Wildman–Crippen LogP) is 1.52. The summed E-state index contributed by atoms with van der Waals surface area (Å²) in [6.45, 7) is 1.04. The van der Waals surface area contributed by atoms with Gasteiger partial charge >= 0.3 is 0 Å². The standard InChI is InChI=1S/C20H19N9O/c1-30-17-9-5-2-6-14(17)18-25-19-21-10-27(26-11-22-23-12-26)13-28(19)20-24-15-7-3-4-8-16(15)29(18)20/h2-9,11-12,18H,10,13H2,1H3,(H,21,25)/t18-/m1/s1. The topological polar surface area (TPSA) is 88.6 Å². The number of hydrogen-bond donors (Lipinski definition) is 1. The van der Waals surface area contributed by atoms with Gasteiger partial charge in [-0.25, -0.2) is 14.7 Å². The minimum absolute atomic E-state index is 0.194. The van der Waals surface area contributed by atoms with Gasteiger partial charge in [0, 0.05) is 5.56 Å². The number of benzene rings is 2. The van der Waals surface area contributed by atoms with Crippen LogP contribution in [0.15, 0.2) is 66.2 Å². The number of ether oxygens (including phenoxy) is 1. The first-order chi connectivity index (χ1) is 14.8. The number of fused-ring (bicyclic) bond motifs is 5. The first-order valence-electron chi connectivity index (χ1n) is 9.62. The molecule has 0 saturated heterocycles. The molecule has 0 spiro atoms. The van der Waals surface area contributed by atoms with Crippen molar-refractivity contribution in [3.63, 3.8) is 0 Å². The Morgan fingerprint density at radius 2 is 1.83 bits per heavy atom. The molecule has 150 valence electrons. The number of aliphatic imine (C=N–C) groups is 1. The van der Waals surface area contributed by atoms with Gasteiger partial charge in [-0.15, -0.1) is 10.2 Å². The van der Waals surface area contributed by atoms with Gasteiger partial charge in [0.2, 0.25) is 11.9 Å². The minimum atomic E-state index is -0.194. The fourth-order valence-corrected chi connectivity index (χ4v) is 4.05. The van der Waals surface area contributed by atoms with Crippen molar-refractivity contribution in [3.8, 4) is 5.75 Å². The molecule has 0 fully saturated rings. The number of para-hydroxylation sites is 3. The lowest BCUT2D eigenvalue weighted by Gasteiger charge is -2.42. The maximum atomic E-state index is 5.65. The summed E-state index contributed by atoms with van der Waals surface area (Å²) in [5.41, 5.74) is 2.99. The molecule has 2 aromatic carbocycles. The summed E-state index contributed by atoms with van der Waals surface area (Å²) < 4.78 is 9.68. The third-order valence-electron chi connectivity index (χ3n) is 5.45. The first-order valence-corrected chi connectivity index (χ1v) is 9.62. The molecule has 30 heavy (non-hydrogen) atoms. The van der Waals surface area contributed by atoms with Crippen molar-refractivity contribution in [2.75, 3.05) is 30.4 Å². The highest BCUT2D eigenvalue weighted by Crippen LogP contribution is 2.36. The summed E-state index contributed by atoms with van der Waals surface area (Å²) in [5, 5.41) is 13.4. The quantitative estimate of drug-likeness (QED) is 0.557. The molecule has 0 unspecified atom stereocenters. The van der Waals surface area contributed by atoms with E-state index in [1.54, 1.807) is 19.8 Å². The molecule has 4 aromatic rings. The molecule has 0 saturated carbocycles. The number of hydrogen-bond acceptors (Lipinski definition) is 8. The highest BCUT2D eigenvalue weighted by atomic mass is 16.5. The average molecular weight is 401 g/mol. The molecule has 0 aliphatic carbocycles. The molecule has 2 aliphatic heterocycles. The zero-order valence-electron chi connectivity index (χ0n) is 16.3. The van der Waals surface area contributed by atoms with Crippen LogP contribution in [0.1, 0.15) is 11.7 Å². The second-order valence-electron chi connectivity index (χ2n) is 7.10. The molecule has 1 atom stereocenters. The summed E-state index contributed by atoms with van der Waals surface area (Å²) in [6.07, 6.45) is 3.14. The third kappa shape index (κ3) is 2.43. The van der Waals surface area contributed by atoms with E-state index in [1.165, 1.54) is 0 Å². The number of nitrogens with zero attached hydrogens (tertiary/aromatic N) is 8. The van der Waals surface area contributed by atoms with E-state index in [0.29, 0.717) is 13.3 Å². The van der Waals surface area contributed by atoms with Gasteiger partial charge in [-0.05, 0) is 18.2 Å². The van der Waals surface area contributed by atoms with E-state index in [0.717, 1.165) is 34.3 Å². The van der Waals surface area contributed by atoms with E-state index in [2.05, 4.69) is 37.1 Å². The SMILES string of the molecule is COc1ccccc1[C@@H]1NC2=NCN(n3cnnc3)CN2c2nc3ccccc3n21. The van der Waals surface area contributed by atoms with E-state index in [9.17, 15) is 0 Å². The Kier molecular flexibility index (Phi) is 3.63. The lowest BCUT2D eigenvalue weighted by atomic mass is 10.1. The molecule has 0 radical (unpaired) electrons. The van der Waals surface area contributed by atoms with Crippen molar-refractivity contribution < 1.29 is 4.74 Å². The van der Waals surface area contributed by atoms with Crippen LogP contribution in [-0.4, -0.2) is 50.8 Å². The summed E-state index contributed by atoms with van der Waals surface area (Å²) in [6, 6.07) is 16.2. The van der Waals surface area contributed by atoms with Gasteiger partial charge in [0.1, 0.15) is 37.9 Å². The minimum Gasteiger partial charge on any atom is -0.496 e. The van der Waals surface area contributed by atoms with Gasteiger partial charge in [0.25, 0.3) is 0 Å². The van der Waals surface area contributed by atoms with Gasteiger partial charge in [0.15, 0.2) is 0 Å². The van der Waals surface area contributed by atoms with Crippen LogP contribution >= 0.6 is 0 Å². The lowest BCUT2D eigenvalue weighted by molar-refractivity contribution is 0.396. The van der Waals surface area contributed by atoms with Crippen molar-refractivity contribution >= 4 is 22.9 Å². The van der Waals surface area contributed by atoms with Crippen molar-refractivity contribution in [2.24, 2.45) is 4.99 Å². The molecule has 2 aliphatic rings. The molecule has 0 bridgehead atoms. The summed E-state index contributed by atoms with van der Waals surface area (Å²) in [7, 11) is 1.69. The predicted molar refractivity (Wildman–Crippen MR) is 112 cm³/mol. The average Bonchev–Trinajstić information content (AvgIpc) is 3.47. The molecule has 10 heteroatoms. The normalized spacial score (nSPS) is 17.9. The molecular formula is C20H19N9O. The Hall–Kier alpha value is -4.08. The van der Waals surface area contributed by atoms with Crippen LogP contribution in [0.3, 0.4) is 0 Å². The zero-order valence-corrected chi connectivity index (χ0v) is 16.3. The molecule has 2 aromatic heterocycles. The van der Waals surface area contributed by atoms with Crippen molar-refractivity contribution in [1.29, 1.82) is 0 Å². The zero-order chi connectivity index (χ0) is 20.1. The Balaban J connectivity index is 1.53. The van der Waals surface area contributed by atoms with Crippen LogP contribution in [0.5, 0.6) is 5.75 Å². The summed E-state index contributed by atoms with van der Waals surface area (Å²) in [5.74, 6) is 2.41. The molecular weight excluding hydrogens is 382 g/mol. The fourth-order valence-electron chi connectivity index (χ4n) is 4.05. The van der Waals surface area contributed by atoms with Crippen molar-refractivity contribution in [1.82, 2.24) is 29.7 Å². The van der Waals surface area contributed by atoms with Crippen molar-refractivity contribution in [2.45, 2.75) is 6.17 Å². The Morgan fingerprint density at radius 3 is 2.70 bits per heavy atom. The number of anilines is 1. The van der Waals surface area contributed by atoms with Gasteiger partial charge < -0.3 is 10.1 Å². The maximum absolute atomic E-state index is 5.65. The van der Waals surface area contributed by atoms with E-state index < -0.39 is 0 Å². The van der Waals surface area contributed by atoms with Gasteiger partial charge in [-0.1, -0.05) is 30.3 Å². The number of guanidine groups is 1. The van der Waals surface area contributed by atoms with Gasteiger partial charge in [0.05, 0.1) is 18.1 Å². The number of nitrogens with one attached hydrogen (secondary N) is 1. The van der Waals surface area contributed by atoms with Crippen LogP contribution in [0, 0.1) is 0 Å². The number of imidazole rings is 1. The first kappa shape index (κ1) is 16.8. The Bertz CT molecular complexity index is 1250. The molecule has 10 nitrogen and oxygen atoms in total. The fraction of sp³-hybridized carbons (Fsp3) is 0.200. The number of rotatable bonds is 3. The Morgan fingerprint density at radius 1 is 1.03 bits per heavy atom. The van der Waals surface area contributed by atoms with Crippen LogP contribution in [0.4, 0.5) is 5.95 Å². The summed E-state index contributed by atoms with van der Waals surface area (Å²) >= 11 is 0. The van der Waals surface area contributed by atoms with E-state index in [-0.39, 0.29) is 6.17 Å². The van der Waals surface area contributed by atoms with Gasteiger partial charge in [-0.3, -0.25) is 14.5 Å². The smallest absolute Gasteiger partial charge is 0.217 e. The molecule has 0 amide bonds. The van der Waals surface area contributed by atoms with E-state index in [1.807, 2.05) is 46.1 Å². The highest BCUT2D eigenvalue weighted by molar-refractivity contribution is 5.99. The van der Waals surface area contributed by atoms with Crippen LogP contribution in [-0.2, 0) is 0 Å². The Labute approximate surface area is 172 Å². The second-order valence-corrected chi connectivity index (χ2v) is 7.10. The van der Waals surface area contributed by atoms with E-state index in [4.69, 9.17) is 14.7 Å². The maximum Gasteiger partial charge on any atom is 0.217 e.